The summed E-state index contributed by atoms with van der Waals surface area (Å²) in [7, 11) is 0. The summed E-state index contributed by atoms with van der Waals surface area (Å²) >= 11 is 0. The van der Waals surface area contributed by atoms with Crippen LogP contribution in [0.25, 0.3) is 0 Å². The Labute approximate surface area is 170 Å². The average Bonchev–Trinajstić information content (AvgIpc) is 3.27. The van der Waals surface area contributed by atoms with E-state index in [1.165, 1.54) is 19.3 Å². The van der Waals surface area contributed by atoms with Crippen LogP contribution in [-0.2, 0) is 0 Å². The summed E-state index contributed by atoms with van der Waals surface area (Å²) in [6.07, 6.45) is 5.40. The number of hydrogen-bond donors (Lipinski definition) is 0. The van der Waals surface area contributed by atoms with Gasteiger partial charge in [0.15, 0.2) is 11.5 Å². The second-order valence-corrected chi connectivity index (χ2v) is 7.63. The molecule has 2 fully saturated rings. The normalized spacial score (nSPS) is 18.8. The Morgan fingerprint density at radius 3 is 2.24 bits per heavy atom. The first-order valence-corrected chi connectivity index (χ1v) is 10.3. The Morgan fingerprint density at radius 1 is 0.793 bits per heavy atom. The minimum Gasteiger partial charge on any atom is -0.454 e. The summed E-state index contributed by atoms with van der Waals surface area (Å²) in [5, 5.41) is 0. The molecule has 0 saturated carbocycles. The van der Waals surface area contributed by atoms with Gasteiger partial charge in [-0.3, -0.25) is 4.79 Å². The third-order valence-electron chi connectivity index (χ3n) is 5.83. The van der Waals surface area contributed by atoms with E-state index in [1.54, 1.807) is 24.5 Å². The Bertz CT molecular complexity index is 892. The highest BCUT2D eigenvalue weighted by Crippen LogP contribution is 2.33. The number of piperidine rings is 1. The van der Waals surface area contributed by atoms with Gasteiger partial charge in [0.2, 0.25) is 6.79 Å². The maximum atomic E-state index is 12.9. The number of amides is 1. The van der Waals surface area contributed by atoms with Crippen molar-refractivity contribution in [1.82, 2.24) is 14.9 Å². The fourth-order valence-corrected chi connectivity index (χ4v) is 4.16. The zero-order chi connectivity index (χ0) is 19.6. The number of anilines is 2. The van der Waals surface area contributed by atoms with Crippen molar-refractivity contribution in [1.29, 1.82) is 0 Å². The van der Waals surface area contributed by atoms with Crippen LogP contribution < -0.4 is 19.3 Å². The highest BCUT2D eigenvalue weighted by Gasteiger charge is 2.25. The van der Waals surface area contributed by atoms with Gasteiger partial charge in [-0.05, 0) is 37.5 Å². The fraction of sp³-hybridized carbons (Fsp3) is 0.476. The molecule has 2 aromatic rings. The number of hydrogen-bond acceptors (Lipinski definition) is 7. The Balaban J connectivity index is 1.23. The molecule has 3 aliphatic rings. The van der Waals surface area contributed by atoms with Crippen LogP contribution in [0.2, 0.25) is 0 Å². The largest absolute Gasteiger partial charge is 0.454 e. The summed E-state index contributed by atoms with van der Waals surface area (Å²) < 4.78 is 10.7. The van der Waals surface area contributed by atoms with Crippen molar-refractivity contribution in [3.05, 3.63) is 36.2 Å². The van der Waals surface area contributed by atoms with Crippen molar-refractivity contribution in [2.24, 2.45) is 0 Å². The van der Waals surface area contributed by atoms with Crippen LogP contribution in [0.4, 0.5) is 11.6 Å². The Kier molecular flexibility index (Phi) is 4.83. The molecule has 5 rings (SSSR count). The van der Waals surface area contributed by atoms with Crippen molar-refractivity contribution in [3.8, 4) is 11.5 Å². The molecule has 1 aromatic carbocycles. The van der Waals surface area contributed by atoms with Crippen LogP contribution in [-0.4, -0.2) is 66.8 Å². The smallest absolute Gasteiger partial charge is 0.254 e. The van der Waals surface area contributed by atoms with E-state index in [-0.39, 0.29) is 12.7 Å². The maximum absolute atomic E-state index is 12.9. The molecule has 0 aliphatic carbocycles. The van der Waals surface area contributed by atoms with Gasteiger partial charge in [0.25, 0.3) is 5.91 Å². The van der Waals surface area contributed by atoms with E-state index < -0.39 is 0 Å². The first-order chi connectivity index (χ1) is 14.3. The van der Waals surface area contributed by atoms with E-state index in [2.05, 4.69) is 25.8 Å². The van der Waals surface area contributed by atoms with Crippen LogP contribution in [0, 0.1) is 0 Å². The molecule has 0 atom stereocenters. The Morgan fingerprint density at radius 2 is 1.48 bits per heavy atom. The molecule has 1 aromatic heterocycles. The first kappa shape index (κ1) is 18.0. The second kappa shape index (κ2) is 7.77. The minimum atomic E-state index is 0.0274. The van der Waals surface area contributed by atoms with E-state index in [4.69, 9.17) is 9.47 Å². The third-order valence-corrected chi connectivity index (χ3v) is 5.83. The number of fused-ring (bicyclic) bond motifs is 1. The molecule has 1 amide bonds. The lowest BCUT2D eigenvalue weighted by molar-refractivity contribution is 0.0746. The number of ether oxygens (including phenoxy) is 2. The first-order valence-electron chi connectivity index (χ1n) is 10.3. The van der Waals surface area contributed by atoms with Gasteiger partial charge in [-0.1, -0.05) is 0 Å². The highest BCUT2D eigenvalue weighted by atomic mass is 16.7. The van der Waals surface area contributed by atoms with Gasteiger partial charge in [-0.15, -0.1) is 0 Å². The van der Waals surface area contributed by atoms with Gasteiger partial charge in [0, 0.05) is 50.9 Å². The molecular formula is C21H25N5O3. The Hall–Kier alpha value is -3.03. The molecule has 8 heteroatoms. The topological polar surface area (TPSA) is 71.0 Å². The minimum absolute atomic E-state index is 0.0274. The van der Waals surface area contributed by atoms with Crippen molar-refractivity contribution in [2.45, 2.75) is 19.3 Å². The molecule has 0 spiro atoms. The van der Waals surface area contributed by atoms with Gasteiger partial charge >= 0.3 is 0 Å². The van der Waals surface area contributed by atoms with Gasteiger partial charge in [-0.25, -0.2) is 9.97 Å². The zero-order valence-electron chi connectivity index (χ0n) is 16.4. The maximum Gasteiger partial charge on any atom is 0.254 e. The number of nitrogens with zero attached hydrogens (tertiary/aromatic N) is 5. The SMILES string of the molecule is O=C(c1ccc2c(c1)OCO2)N1CCN(c2cc(N3CCCCC3)ncn2)CC1. The lowest BCUT2D eigenvalue weighted by Crippen LogP contribution is -2.49. The number of aromatic nitrogens is 2. The molecule has 3 aliphatic heterocycles. The van der Waals surface area contributed by atoms with Crippen LogP contribution in [0.3, 0.4) is 0 Å². The van der Waals surface area contributed by atoms with Crippen LogP contribution >= 0.6 is 0 Å². The third kappa shape index (κ3) is 3.66. The number of carbonyl (C=O) groups is 1. The van der Waals surface area contributed by atoms with Crippen molar-refractivity contribution < 1.29 is 14.3 Å². The van der Waals surface area contributed by atoms with Crippen molar-refractivity contribution >= 4 is 17.5 Å². The predicted octanol–water partition coefficient (Wildman–Crippen LogP) is 2.16. The van der Waals surface area contributed by atoms with Crippen LogP contribution in [0.5, 0.6) is 11.5 Å². The summed E-state index contributed by atoms with van der Waals surface area (Å²) in [6, 6.07) is 7.46. The standard InChI is InChI=1S/C21H25N5O3/c27-21(16-4-5-17-18(12-16)29-15-28-17)26-10-8-25(9-11-26)20-13-19(22-14-23-20)24-6-2-1-3-7-24/h4-5,12-14H,1-3,6-11,15H2. The lowest BCUT2D eigenvalue weighted by atomic mass is 10.1. The number of benzene rings is 1. The van der Waals surface area contributed by atoms with Gasteiger partial charge in [0.1, 0.15) is 18.0 Å². The summed E-state index contributed by atoms with van der Waals surface area (Å²) in [5.41, 5.74) is 0.636. The monoisotopic (exact) mass is 395 g/mol. The lowest BCUT2D eigenvalue weighted by Gasteiger charge is -2.36. The molecule has 0 radical (unpaired) electrons. The van der Waals surface area contributed by atoms with Crippen LogP contribution in [0.1, 0.15) is 29.6 Å². The van der Waals surface area contributed by atoms with Gasteiger partial charge in [-0.2, -0.15) is 0 Å². The van der Waals surface area contributed by atoms with E-state index in [9.17, 15) is 4.79 Å². The van der Waals surface area contributed by atoms with Crippen LogP contribution in [0.15, 0.2) is 30.6 Å². The highest BCUT2D eigenvalue weighted by molar-refractivity contribution is 5.95. The predicted molar refractivity (Wildman–Crippen MR) is 109 cm³/mol. The quantitative estimate of drug-likeness (QED) is 0.789. The average molecular weight is 395 g/mol. The van der Waals surface area contributed by atoms with E-state index in [0.29, 0.717) is 30.2 Å². The molecule has 0 unspecified atom stereocenters. The zero-order valence-corrected chi connectivity index (χ0v) is 16.4. The number of carbonyl (C=O) groups excluding carboxylic acids is 1. The molecule has 2 saturated heterocycles. The fourth-order valence-electron chi connectivity index (χ4n) is 4.16. The van der Waals surface area contributed by atoms with E-state index in [0.717, 1.165) is 37.8 Å². The molecule has 0 N–H and O–H groups in total. The van der Waals surface area contributed by atoms with E-state index >= 15 is 0 Å². The van der Waals surface area contributed by atoms with Crippen molar-refractivity contribution in [2.75, 3.05) is 55.9 Å². The summed E-state index contributed by atoms with van der Waals surface area (Å²) in [4.78, 5) is 28.3. The van der Waals surface area contributed by atoms with Gasteiger partial charge in [0.05, 0.1) is 0 Å². The molecule has 29 heavy (non-hydrogen) atoms. The molecular weight excluding hydrogens is 370 g/mol. The van der Waals surface area contributed by atoms with Crippen molar-refractivity contribution in [3.63, 3.8) is 0 Å². The molecule has 152 valence electrons. The molecule has 0 bridgehead atoms. The molecule has 8 nitrogen and oxygen atoms in total. The summed E-state index contributed by atoms with van der Waals surface area (Å²) in [5.74, 6) is 3.31. The van der Waals surface area contributed by atoms with E-state index in [1.807, 2.05) is 4.90 Å². The van der Waals surface area contributed by atoms with Gasteiger partial charge < -0.3 is 24.2 Å². The number of piperazine rings is 1. The second-order valence-electron chi connectivity index (χ2n) is 7.63. The summed E-state index contributed by atoms with van der Waals surface area (Å²) in [6.45, 7) is 5.18. The molecule has 4 heterocycles. The number of rotatable bonds is 3.